The SMILES string of the molecule is O=C(Nc1cc(Cl)cc(Cl)c1)C1CC(=O)n2ncnc2N1. The summed E-state index contributed by atoms with van der Waals surface area (Å²) in [5.74, 6) is -0.433. The number of hydrogen-bond acceptors (Lipinski definition) is 5. The Labute approximate surface area is 129 Å². The minimum absolute atomic E-state index is 0.0174. The van der Waals surface area contributed by atoms with Crippen LogP contribution < -0.4 is 10.6 Å². The van der Waals surface area contributed by atoms with Crippen LogP contribution >= 0.6 is 23.2 Å². The van der Waals surface area contributed by atoms with Gasteiger partial charge in [0.15, 0.2) is 0 Å². The Morgan fingerprint density at radius 2 is 2.05 bits per heavy atom. The van der Waals surface area contributed by atoms with Gasteiger partial charge in [-0.1, -0.05) is 23.2 Å². The smallest absolute Gasteiger partial charge is 0.252 e. The maximum Gasteiger partial charge on any atom is 0.252 e. The van der Waals surface area contributed by atoms with Gasteiger partial charge < -0.3 is 10.6 Å². The average molecular weight is 326 g/mol. The van der Waals surface area contributed by atoms with Crippen LogP contribution in [0.1, 0.15) is 11.2 Å². The van der Waals surface area contributed by atoms with E-state index in [2.05, 4.69) is 20.7 Å². The molecule has 1 aliphatic heterocycles. The first-order valence-corrected chi connectivity index (χ1v) is 6.75. The highest BCUT2D eigenvalue weighted by atomic mass is 35.5. The number of amides is 1. The molecule has 21 heavy (non-hydrogen) atoms. The molecule has 0 aliphatic carbocycles. The summed E-state index contributed by atoms with van der Waals surface area (Å²) < 4.78 is 1.13. The van der Waals surface area contributed by atoms with E-state index in [4.69, 9.17) is 23.2 Å². The van der Waals surface area contributed by atoms with E-state index in [1.54, 1.807) is 18.2 Å². The van der Waals surface area contributed by atoms with Gasteiger partial charge in [-0.15, -0.1) is 0 Å². The molecule has 9 heteroatoms. The number of benzene rings is 1. The number of nitrogens with one attached hydrogen (secondary N) is 2. The van der Waals surface area contributed by atoms with Crippen LogP contribution in [0.2, 0.25) is 10.0 Å². The maximum absolute atomic E-state index is 12.2. The van der Waals surface area contributed by atoms with E-state index < -0.39 is 6.04 Å². The maximum atomic E-state index is 12.2. The van der Waals surface area contributed by atoms with Gasteiger partial charge in [0.25, 0.3) is 5.91 Å². The molecule has 1 aromatic heterocycles. The number of hydrogen-bond donors (Lipinski definition) is 2. The van der Waals surface area contributed by atoms with Crippen molar-refractivity contribution in [2.45, 2.75) is 12.5 Å². The van der Waals surface area contributed by atoms with Gasteiger partial charge >= 0.3 is 0 Å². The predicted molar refractivity (Wildman–Crippen MR) is 77.8 cm³/mol. The van der Waals surface area contributed by atoms with Crippen molar-refractivity contribution in [2.75, 3.05) is 10.6 Å². The topological polar surface area (TPSA) is 88.9 Å². The highest BCUT2D eigenvalue weighted by molar-refractivity contribution is 6.35. The van der Waals surface area contributed by atoms with Crippen LogP contribution in [0.5, 0.6) is 0 Å². The summed E-state index contributed by atoms with van der Waals surface area (Å²) in [7, 11) is 0. The van der Waals surface area contributed by atoms with Crippen molar-refractivity contribution in [2.24, 2.45) is 0 Å². The van der Waals surface area contributed by atoms with E-state index in [1.165, 1.54) is 6.33 Å². The molecule has 2 aromatic rings. The first kappa shape index (κ1) is 13.8. The van der Waals surface area contributed by atoms with E-state index in [1.807, 2.05) is 0 Å². The molecular formula is C12H9Cl2N5O2. The highest BCUT2D eigenvalue weighted by Crippen LogP contribution is 2.23. The fraction of sp³-hybridized carbons (Fsp3) is 0.167. The van der Waals surface area contributed by atoms with Crippen LogP contribution in [0.4, 0.5) is 11.6 Å². The summed E-state index contributed by atoms with van der Waals surface area (Å²) in [6.07, 6.45) is 1.23. The molecule has 1 aromatic carbocycles. The fourth-order valence-electron chi connectivity index (χ4n) is 2.00. The molecule has 1 unspecified atom stereocenters. The van der Waals surface area contributed by atoms with Crippen molar-refractivity contribution in [1.29, 1.82) is 0 Å². The van der Waals surface area contributed by atoms with Crippen molar-refractivity contribution in [3.8, 4) is 0 Å². The Morgan fingerprint density at radius 3 is 2.76 bits per heavy atom. The Bertz CT molecular complexity index is 710. The Kier molecular flexibility index (Phi) is 3.52. The number of carbonyl (C=O) groups excluding carboxylic acids is 2. The third kappa shape index (κ3) is 2.84. The molecule has 1 atom stereocenters. The molecule has 3 rings (SSSR count). The summed E-state index contributed by atoms with van der Waals surface area (Å²) in [6, 6.07) is 3.97. The number of carbonyl (C=O) groups is 2. The lowest BCUT2D eigenvalue weighted by molar-refractivity contribution is -0.117. The molecule has 2 N–H and O–H groups in total. The van der Waals surface area contributed by atoms with Gasteiger partial charge in [0.2, 0.25) is 11.9 Å². The minimum atomic E-state index is -0.730. The van der Waals surface area contributed by atoms with Crippen molar-refractivity contribution >= 4 is 46.7 Å². The number of halogens is 2. The van der Waals surface area contributed by atoms with Crippen LogP contribution in [0, 0.1) is 0 Å². The van der Waals surface area contributed by atoms with Gasteiger partial charge in [-0.25, -0.2) is 0 Å². The number of rotatable bonds is 2. The first-order valence-electron chi connectivity index (χ1n) is 5.99. The lowest BCUT2D eigenvalue weighted by atomic mass is 10.1. The molecule has 0 saturated heterocycles. The van der Waals surface area contributed by atoms with E-state index in [9.17, 15) is 9.59 Å². The van der Waals surface area contributed by atoms with Crippen LogP contribution in [0.15, 0.2) is 24.5 Å². The second kappa shape index (κ2) is 5.34. The average Bonchev–Trinajstić information content (AvgIpc) is 2.86. The first-order chi connectivity index (χ1) is 10.0. The van der Waals surface area contributed by atoms with Crippen LogP contribution in [-0.2, 0) is 4.79 Å². The fourth-order valence-corrected chi connectivity index (χ4v) is 2.53. The zero-order valence-corrected chi connectivity index (χ0v) is 12.0. The molecule has 0 saturated carbocycles. The zero-order chi connectivity index (χ0) is 15.0. The molecule has 0 fully saturated rings. The van der Waals surface area contributed by atoms with E-state index in [-0.39, 0.29) is 24.2 Å². The van der Waals surface area contributed by atoms with Crippen molar-refractivity contribution in [3.63, 3.8) is 0 Å². The zero-order valence-electron chi connectivity index (χ0n) is 10.5. The molecule has 1 aliphatic rings. The number of anilines is 2. The van der Waals surface area contributed by atoms with Gasteiger partial charge in [-0.2, -0.15) is 14.8 Å². The molecular weight excluding hydrogens is 317 g/mol. The summed E-state index contributed by atoms with van der Waals surface area (Å²) >= 11 is 11.7. The third-order valence-electron chi connectivity index (χ3n) is 2.91. The quantitative estimate of drug-likeness (QED) is 0.882. The molecule has 108 valence electrons. The third-order valence-corrected chi connectivity index (χ3v) is 3.35. The lowest BCUT2D eigenvalue weighted by Gasteiger charge is -2.22. The van der Waals surface area contributed by atoms with Gasteiger partial charge in [0.05, 0.1) is 6.42 Å². The van der Waals surface area contributed by atoms with Crippen LogP contribution in [0.3, 0.4) is 0 Å². The minimum Gasteiger partial charge on any atom is -0.342 e. The monoisotopic (exact) mass is 325 g/mol. The van der Waals surface area contributed by atoms with Crippen LogP contribution in [0.25, 0.3) is 0 Å². The van der Waals surface area contributed by atoms with Crippen molar-refractivity contribution in [3.05, 3.63) is 34.6 Å². The van der Waals surface area contributed by atoms with E-state index in [0.29, 0.717) is 15.7 Å². The molecule has 1 amide bonds. The van der Waals surface area contributed by atoms with Gasteiger partial charge in [0.1, 0.15) is 12.4 Å². The summed E-state index contributed by atoms with van der Waals surface area (Å²) in [6.45, 7) is 0. The Hall–Kier alpha value is -2.12. The van der Waals surface area contributed by atoms with Crippen molar-refractivity contribution in [1.82, 2.24) is 14.8 Å². The molecule has 2 heterocycles. The van der Waals surface area contributed by atoms with Crippen molar-refractivity contribution < 1.29 is 9.59 Å². The Balaban J connectivity index is 1.76. The molecule has 0 spiro atoms. The second-order valence-corrected chi connectivity index (χ2v) is 5.31. The van der Waals surface area contributed by atoms with Gasteiger partial charge in [-0.3, -0.25) is 9.59 Å². The standard InChI is InChI=1S/C12H9Cl2N5O2/c13-6-1-7(14)3-8(2-6)17-11(21)9-4-10(20)19-12(18-9)15-5-16-19/h1-3,5,9H,4H2,(H,17,21)(H,15,16,18). The normalized spacial score (nSPS) is 17.0. The highest BCUT2D eigenvalue weighted by Gasteiger charge is 2.30. The number of nitrogens with zero attached hydrogens (tertiary/aromatic N) is 3. The van der Waals surface area contributed by atoms with Crippen LogP contribution in [-0.4, -0.2) is 32.6 Å². The molecule has 7 nitrogen and oxygen atoms in total. The molecule has 0 radical (unpaired) electrons. The van der Waals surface area contributed by atoms with E-state index >= 15 is 0 Å². The Morgan fingerprint density at radius 1 is 1.33 bits per heavy atom. The summed E-state index contributed by atoms with van der Waals surface area (Å²) in [5, 5.41) is 10.1. The van der Waals surface area contributed by atoms with Gasteiger partial charge in [-0.05, 0) is 18.2 Å². The lowest BCUT2D eigenvalue weighted by Crippen LogP contribution is -2.42. The number of fused-ring (bicyclic) bond motifs is 1. The summed E-state index contributed by atoms with van der Waals surface area (Å²) in [4.78, 5) is 27.9. The predicted octanol–water partition coefficient (Wildman–Crippen LogP) is 2.05. The molecule has 0 bridgehead atoms. The van der Waals surface area contributed by atoms with Gasteiger partial charge in [0, 0.05) is 15.7 Å². The second-order valence-electron chi connectivity index (χ2n) is 4.44. The largest absolute Gasteiger partial charge is 0.342 e. The number of aromatic nitrogens is 3. The summed E-state index contributed by atoms with van der Waals surface area (Å²) in [5.41, 5.74) is 0.457. The van der Waals surface area contributed by atoms with E-state index in [0.717, 1.165) is 4.68 Å².